The van der Waals surface area contributed by atoms with Crippen LogP contribution in [-0.2, 0) is 9.53 Å². The molecule has 1 saturated heterocycles. The van der Waals surface area contributed by atoms with Gasteiger partial charge in [-0.1, -0.05) is 6.42 Å². The van der Waals surface area contributed by atoms with Gasteiger partial charge in [0.1, 0.15) is 6.04 Å². The molecular formula is C12H21NO3. The molecule has 92 valence electrons. The molecule has 0 amide bonds. The number of ether oxygens (including phenoxy) is 1. The second-order valence-electron chi connectivity index (χ2n) is 5.31. The van der Waals surface area contributed by atoms with Crippen molar-refractivity contribution in [3.8, 4) is 0 Å². The van der Waals surface area contributed by atoms with Gasteiger partial charge >= 0.3 is 5.97 Å². The fourth-order valence-electron chi connectivity index (χ4n) is 3.15. The third-order valence-electron chi connectivity index (χ3n) is 4.46. The highest BCUT2D eigenvalue weighted by Gasteiger charge is 2.51. The number of hydrogen-bond acceptors (Lipinski definition) is 3. The lowest BCUT2D eigenvalue weighted by Crippen LogP contribution is -2.41. The van der Waals surface area contributed by atoms with Crippen LogP contribution in [0.25, 0.3) is 0 Å². The molecule has 1 heterocycles. The minimum atomic E-state index is -0.715. The number of hydrogen-bond donors (Lipinski definition) is 1. The summed E-state index contributed by atoms with van der Waals surface area (Å²) in [5, 5.41) is 9.05. The Morgan fingerprint density at radius 1 is 1.62 bits per heavy atom. The lowest BCUT2D eigenvalue weighted by Gasteiger charge is -2.43. The van der Waals surface area contributed by atoms with Crippen LogP contribution in [0.15, 0.2) is 0 Å². The molecule has 0 aromatic carbocycles. The van der Waals surface area contributed by atoms with Crippen molar-refractivity contribution in [2.45, 2.75) is 32.2 Å². The summed E-state index contributed by atoms with van der Waals surface area (Å²) in [4.78, 5) is 13.1. The first-order valence-electron chi connectivity index (χ1n) is 6.05. The molecule has 2 aliphatic rings. The first-order chi connectivity index (χ1) is 7.59. The average Bonchev–Trinajstić information content (AvgIpc) is 2.56. The van der Waals surface area contributed by atoms with Crippen molar-refractivity contribution in [1.29, 1.82) is 0 Å². The van der Waals surface area contributed by atoms with Crippen LogP contribution < -0.4 is 0 Å². The molecule has 2 rings (SSSR count). The standard InChI is InChI=1S/C12H21NO3/c1-9(11(14)15)13-6-10(7-16-2)12(8-13)4-3-5-12/h9-10H,3-8H2,1-2H3,(H,14,15)/t9-,10-/m1/s1. The monoisotopic (exact) mass is 227 g/mol. The van der Waals surface area contributed by atoms with E-state index in [1.807, 2.05) is 0 Å². The van der Waals surface area contributed by atoms with Crippen molar-refractivity contribution in [1.82, 2.24) is 4.90 Å². The predicted octanol–water partition coefficient (Wildman–Crippen LogP) is 1.21. The Kier molecular flexibility index (Phi) is 3.22. The van der Waals surface area contributed by atoms with Crippen LogP contribution in [-0.4, -0.2) is 48.8 Å². The fourth-order valence-corrected chi connectivity index (χ4v) is 3.15. The van der Waals surface area contributed by atoms with Crippen LogP contribution in [0, 0.1) is 11.3 Å². The molecule has 16 heavy (non-hydrogen) atoms. The number of rotatable bonds is 4. The molecule has 1 aliphatic carbocycles. The average molecular weight is 227 g/mol. The van der Waals surface area contributed by atoms with Crippen molar-refractivity contribution in [2.24, 2.45) is 11.3 Å². The van der Waals surface area contributed by atoms with Gasteiger partial charge in [0.2, 0.25) is 0 Å². The SMILES string of the molecule is COC[C@H]1CN([C@H](C)C(=O)O)CC12CCC2. The summed E-state index contributed by atoms with van der Waals surface area (Å²) in [6.45, 7) is 4.36. The van der Waals surface area contributed by atoms with E-state index in [9.17, 15) is 4.79 Å². The van der Waals surface area contributed by atoms with Gasteiger partial charge in [-0.2, -0.15) is 0 Å². The number of likely N-dealkylation sites (tertiary alicyclic amines) is 1. The minimum absolute atomic E-state index is 0.361. The Morgan fingerprint density at radius 3 is 2.75 bits per heavy atom. The molecule has 0 bridgehead atoms. The summed E-state index contributed by atoms with van der Waals surface area (Å²) in [5.74, 6) is -0.194. The van der Waals surface area contributed by atoms with Gasteiger partial charge < -0.3 is 9.84 Å². The highest BCUT2D eigenvalue weighted by Crippen LogP contribution is 2.52. The molecule has 2 fully saturated rings. The number of methoxy groups -OCH3 is 1. The maximum absolute atomic E-state index is 11.0. The predicted molar refractivity (Wildman–Crippen MR) is 60.3 cm³/mol. The van der Waals surface area contributed by atoms with E-state index in [1.165, 1.54) is 19.3 Å². The number of carboxylic acid groups (broad SMARTS) is 1. The van der Waals surface area contributed by atoms with Gasteiger partial charge in [-0.15, -0.1) is 0 Å². The quantitative estimate of drug-likeness (QED) is 0.784. The van der Waals surface area contributed by atoms with Gasteiger partial charge in [0.05, 0.1) is 6.61 Å². The summed E-state index contributed by atoms with van der Waals surface area (Å²) >= 11 is 0. The van der Waals surface area contributed by atoms with E-state index in [0.717, 1.165) is 19.7 Å². The van der Waals surface area contributed by atoms with Crippen molar-refractivity contribution in [3.63, 3.8) is 0 Å². The summed E-state index contributed by atoms with van der Waals surface area (Å²) in [7, 11) is 1.73. The van der Waals surface area contributed by atoms with Crippen LogP contribution in [0.3, 0.4) is 0 Å². The second kappa shape index (κ2) is 4.34. The van der Waals surface area contributed by atoms with Crippen LogP contribution >= 0.6 is 0 Å². The summed E-state index contributed by atoms with van der Waals surface area (Å²) in [6.07, 6.45) is 3.77. The Balaban J connectivity index is 2.03. The van der Waals surface area contributed by atoms with Gasteiger partial charge in [0.25, 0.3) is 0 Å². The number of nitrogens with zero attached hydrogens (tertiary/aromatic N) is 1. The van der Waals surface area contributed by atoms with Crippen LogP contribution in [0.4, 0.5) is 0 Å². The number of aliphatic carboxylic acids is 1. The van der Waals surface area contributed by atoms with Crippen LogP contribution in [0.1, 0.15) is 26.2 Å². The fraction of sp³-hybridized carbons (Fsp3) is 0.917. The maximum atomic E-state index is 11.0. The molecule has 1 saturated carbocycles. The number of carbonyl (C=O) groups is 1. The van der Waals surface area contributed by atoms with Crippen molar-refractivity contribution < 1.29 is 14.6 Å². The highest BCUT2D eigenvalue weighted by molar-refractivity contribution is 5.72. The molecule has 0 unspecified atom stereocenters. The molecular weight excluding hydrogens is 206 g/mol. The van der Waals surface area contributed by atoms with Gasteiger partial charge in [0.15, 0.2) is 0 Å². The first-order valence-corrected chi connectivity index (χ1v) is 6.05. The van der Waals surface area contributed by atoms with E-state index in [1.54, 1.807) is 14.0 Å². The van der Waals surface area contributed by atoms with Gasteiger partial charge in [-0.3, -0.25) is 9.69 Å². The Bertz CT molecular complexity index is 275. The lowest BCUT2D eigenvalue weighted by atomic mass is 9.63. The van der Waals surface area contributed by atoms with E-state index in [-0.39, 0.29) is 6.04 Å². The van der Waals surface area contributed by atoms with E-state index in [4.69, 9.17) is 9.84 Å². The maximum Gasteiger partial charge on any atom is 0.320 e. The minimum Gasteiger partial charge on any atom is -0.480 e. The number of carboxylic acids is 1. The van der Waals surface area contributed by atoms with Crippen molar-refractivity contribution in [3.05, 3.63) is 0 Å². The molecule has 4 heteroatoms. The van der Waals surface area contributed by atoms with E-state index >= 15 is 0 Å². The molecule has 1 N–H and O–H groups in total. The van der Waals surface area contributed by atoms with E-state index in [2.05, 4.69) is 4.90 Å². The zero-order chi connectivity index (χ0) is 11.8. The smallest absolute Gasteiger partial charge is 0.320 e. The second-order valence-corrected chi connectivity index (χ2v) is 5.31. The van der Waals surface area contributed by atoms with Gasteiger partial charge in [-0.25, -0.2) is 0 Å². The summed E-state index contributed by atoms with van der Waals surface area (Å²) in [6, 6.07) is -0.362. The van der Waals surface area contributed by atoms with Crippen LogP contribution in [0.5, 0.6) is 0 Å². The van der Waals surface area contributed by atoms with Gasteiger partial charge in [-0.05, 0) is 25.2 Å². The normalized spacial score (nSPS) is 30.2. The molecule has 4 nitrogen and oxygen atoms in total. The Morgan fingerprint density at radius 2 is 2.31 bits per heavy atom. The Labute approximate surface area is 96.6 Å². The van der Waals surface area contributed by atoms with E-state index in [0.29, 0.717) is 11.3 Å². The molecule has 0 radical (unpaired) electrons. The van der Waals surface area contributed by atoms with Crippen LogP contribution in [0.2, 0.25) is 0 Å². The summed E-state index contributed by atoms with van der Waals surface area (Å²) < 4.78 is 5.27. The largest absolute Gasteiger partial charge is 0.480 e. The first kappa shape index (κ1) is 11.9. The van der Waals surface area contributed by atoms with Gasteiger partial charge in [0, 0.05) is 26.1 Å². The van der Waals surface area contributed by atoms with Crippen molar-refractivity contribution >= 4 is 5.97 Å². The highest BCUT2D eigenvalue weighted by atomic mass is 16.5. The van der Waals surface area contributed by atoms with Crippen molar-refractivity contribution in [2.75, 3.05) is 26.8 Å². The Hall–Kier alpha value is -0.610. The zero-order valence-electron chi connectivity index (χ0n) is 10.1. The molecule has 1 aliphatic heterocycles. The summed E-state index contributed by atoms with van der Waals surface area (Å²) in [5.41, 5.74) is 0.361. The third-order valence-corrected chi connectivity index (χ3v) is 4.46. The molecule has 0 aromatic heterocycles. The molecule has 2 atom stereocenters. The topological polar surface area (TPSA) is 49.8 Å². The lowest BCUT2D eigenvalue weighted by molar-refractivity contribution is -0.142. The van der Waals surface area contributed by atoms with E-state index < -0.39 is 5.97 Å². The molecule has 1 spiro atoms. The zero-order valence-corrected chi connectivity index (χ0v) is 10.1. The third kappa shape index (κ3) is 1.84. The molecule has 0 aromatic rings.